The van der Waals surface area contributed by atoms with Gasteiger partial charge < -0.3 is 15.3 Å². The molecular formula is C15H26N2O3. The van der Waals surface area contributed by atoms with Crippen molar-refractivity contribution in [3.8, 4) is 0 Å². The molecule has 0 spiro atoms. The molecule has 0 unspecified atom stereocenters. The zero-order chi connectivity index (χ0) is 14.4. The molecule has 1 heterocycles. The molecule has 1 aliphatic heterocycles. The van der Waals surface area contributed by atoms with E-state index >= 15 is 0 Å². The van der Waals surface area contributed by atoms with Crippen LogP contribution in [-0.4, -0.2) is 41.6 Å². The standard InChI is InChI=1S/C15H26N2O3/c18-14(19)13-7-4-10-17(11-13)15(20)16-9-8-12-5-2-1-3-6-12/h12-13H,1-11H2,(H,16,20)(H,18,19)/t13-/m1/s1. The Balaban J connectivity index is 1.67. The van der Waals surface area contributed by atoms with Gasteiger partial charge in [-0.2, -0.15) is 0 Å². The van der Waals surface area contributed by atoms with Crippen molar-refractivity contribution in [2.24, 2.45) is 11.8 Å². The Morgan fingerprint density at radius 3 is 2.55 bits per heavy atom. The summed E-state index contributed by atoms with van der Waals surface area (Å²) in [7, 11) is 0. The average molecular weight is 282 g/mol. The van der Waals surface area contributed by atoms with Crippen molar-refractivity contribution >= 4 is 12.0 Å². The van der Waals surface area contributed by atoms with E-state index in [-0.39, 0.29) is 6.03 Å². The van der Waals surface area contributed by atoms with Gasteiger partial charge in [-0.15, -0.1) is 0 Å². The normalized spacial score (nSPS) is 24.4. The molecule has 20 heavy (non-hydrogen) atoms. The first kappa shape index (κ1) is 15.1. The molecule has 1 saturated heterocycles. The van der Waals surface area contributed by atoms with Crippen molar-refractivity contribution in [3.63, 3.8) is 0 Å². The zero-order valence-electron chi connectivity index (χ0n) is 12.1. The molecule has 5 heteroatoms. The second-order valence-electron chi connectivity index (χ2n) is 6.15. The first-order valence-electron chi connectivity index (χ1n) is 7.92. The summed E-state index contributed by atoms with van der Waals surface area (Å²) in [4.78, 5) is 24.7. The number of urea groups is 1. The number of rotatable bonds is 4. The van der Waals surface area contributed by atoms with Crippen molar-refractivity contribution in [2.75, 3.05) is 19.6 Å². The van der Waals surface area contributed by atoms with Crippen LogP contribution in [0, 0.1) is 11.8 Å². The number of nitrogens with one attached hydrogen (secondary N) is 1. The lowest BCUT2D eigenvalue weighted by Crippen LogP contribution is -2.47. The second kappa shape index (κ2) is 7.50. The van der Waals surface area contributed by atoms with Gasteiger partial charge in [0.15, 0.2) is 0 Å². The lowest BCUT2D eigenvalue weighted by Gasteiger charge is -2.31. The predicted molar refractivity (Wildman–Crippen MR) is 76.5 cm³/mol. The summed E-state index contributed by atoms with van der Waals surface area (Å²) in [5.74, 6) is -0.422. The third-order valence-electron chi connectivity index (χ3n) is 4.61. The van der Waals surface area contributed by atoms with E-state index in [0.717, 1.165) is 25.3 Å². The highest BCUT2D eigenvalue weighted by Crippen LogP contribution is 2.25. The van der Waals surface area contributed by atoms with Crippen LogP contribution < -0.4 is 5.32 Å². The van der Waals surface area contributed by atoms with Gasteiger partial charge in [0.2, 0.25) is 0 Å². The maximum absolute atomic E-state index is 12.0. The molecule has 2 rings (SSSR count). The Hall–Kier alpha value is -1.26. The van der Waals surface area contributed by atoms with Crippen LogP contribution in [0.2, 0.25) is 0 Å². The van der Waals surface area contributed by atoms with Gasteiger partial charge >= 0.3 is 12.0 Å². The molecule has 1 atom stereocenters. The van der Waals surface area contributed by atoms with E-state index in [0.29, 0.717) is 19.5 Å². The fraction of sp³-hybridized carbons (Fsp3) is 0.867. The second-order valence-corrected chi connectivity index (χ2v) is 6.15. The quantitative estimate of drug-likeness (QED) is 0.832. The average Bonchev–Trinajstić information content (AvgIpc) is 2.48. The lowest BCUT2D eigenvalue weighted by molar-refractivity contribution is -0.143. The number of aliphatic carboxylic acids is 1. The highest BCUT2D eigenvalue weighted by atomic mass is 16.4. The fourth-order valence-electron chi connectivity index (χ4n) is 3.33. The van der Waals surface area contributed by atoms with Crippen molar-refractivity contribution < 1.29 is 14.7 Å². The van der Waals surface area contributed by atoms with E-state index in [9.17, 15) is 9.59 Å². The summed E-state index contributed by atoms with van der Waals surface area (Å²) >= 11 is 0. The van der Waals surface area contributed by atoms with Gasteiger partial charge in [-0.25, -0.2) is 4.79 Å². The molecule has 2 aliphatic rings. The molecule has 0 bridgehead atoms. The summed E-state index contributed by atoms with van der Waals surface area (Å²) in [6.45, 7) is 1.75. The number of carboxylic acids is 1. The number of amides is 2. The highest BCUT2D eigenvalue weighted by Gasteiger charge is 2.28. The monoisotopic (exact) mass is 282 g/mol. The Kier molecular flexibility index (Phi) is 5.68. The molecule has 1 aliphatic carbocycles. The van der Waals surface area contributed by atoms with E-state index in [1.165, 1.54) is 32.1 Å². The van der Waals surface area contributed by atoms with Gasteiger partial charge in [-0.05, 0) is 25.2 Å². The smallest absolute Gasteiger partial charge is 0.317 e. The highest BCUT2D eigenvalue weighted by molar-refractivity contribution is 5.76. The SMILES string of the molecule is O=C(O)[C@@H]1CCCN(C(=O)NCCC2CCCCC2)C1. The maximum Gasteiger partial charge on any atom is 0.317 e. The van der Waals surface area contributed by atoms with Crippen molar-refractivity contribution in [1.29, 1.82) is 0 Å². The molecule has 0 aromatic carbocycles. The van der Waals surface area contributed by atoms with Gasteiger partial charge in [0.25, 0.3) is 0 Å². The Bertz CT molecular complexity index is 340. The number of likely N-dealkylation sites (tertiary alicyclic amines) is 1. The summed E-state index contributed by atoms with van der Waals surface area (Å²) in [6, 6.07) is -0.0910. The topological polar surface area (TPSA) is 69.6 Å². The number of piperidine rings is 1. The largest absolute Gasteiger partial charge is 0.481 e. The molecule has 5 nitrogen and oxygen atoms in total. The van der Waals surface area contributed by atoms with Crippen LogP contribution in [0.1, 0.15) is 51.4 Å². The Labute approximate surface area is 120 Å². The van der Waals surface area contributed by atoms with E-state index in [4.69, 9.17) is 5.11 Å². The van der Waals surface area contributed by atoms with Gasteiger partial charge in [0.05, 0.1) is 5.92 Å². The van der Waals surface area contributed by atoms with E-state index < -0.39 is 11.9 Å². The molecule has 2 N–H and O–H groups in total. The minimum Gasteiger partial charge on any atom is -0.481 e. The number of nitrogens with zero attached hydrogens (tertiary/aromatic N) is 1. The lowest BCUT2D eigenvalue weighted by atomic mass is 9.87. The Morgan fingerprint density at radius 1 is 1.10 bits per heavy atom. The van der Waals surface area contributed by atoms with Crippen LogP contribution in [0.3, 0.4) is 0 Å². The van der Waals surface area contributed by atoms with Gasteiger partial charge in [0, 0.05) is 19.6 Å². The molecule has 2 fully saturated rings. The number of carbonyl (C=O) groups excluding carboxylic acids is 1. The summed E-state index contributed by atoms with van der Waals surface area (Å²) in [5, 5.41) is 12.0. The van der Waals surface area contributed by atoms with Crippen LogP contribution in [-0.2, 0) is 4.79 Å². The van der Waals surface area contributed by atoms with Crippen molar-refractivity contribution in [1.82, 2.24) is 10.2 Å². The summed E-state index contributed by atoms with van der Waals surface area (Å²) in [5.41, 5.74) is 0. The molecule has 0 aromatic rings. The number of hydrogen-bond acceptors (Lipinski definition) is 2. The van der Waals surface area contributed by atoms with Gasteiger partial charge in [0.1, 0.15) is 0 Å². The van der Waals surface area contributed by atoms with Gasteiger partial charge in [-0.1, -0.05) is 32.1 Å². The first-order valence-corrected chi connectivity index (χ1v) is 7.92. The first-order chi connectivity index (χ1) is 9.66. The van der Waals surface area contributed by atoms with Crippen LogP contribution in [0.15, 0.2) is 0 Å². The minimum atomic E-state index is -0.787. The van der Waals surface area contributed by atoms with Gasteiger partial charge in [-0.3, -0.25) is 4.79 Å². The van der Waals surface area contributed by atoms with E-state index in [1.54, 1.807) is 4.90 Å². The molecule has 114 valence electrons. The molecule has 0 aromatic heterocycles. The maximum atomic E-state index is 12.0. The molecule has 1 saturated carbocycles. The van der Waals surface area contributed by atoms with Crippen LogP contribution in [0.5, 0.6) is 0 Å². The number of carbonyl (C=O) groups is 2. The number of carboxylic acid groups (broad SMARTS) is 1. The molecule has 2 amide bonds. The summed E-state index contributed by atoms with van der Waals surface area (Å²) in [6.07, 6.45) is 9.11. The number of hydrogen-bond donors (Lipinski definition) is 2. The van der Waals surface area contributed by atoms with Crippen molar-refractivity contribution in [3.05, 3.63) is 0 Å². The van der Waals surface area contributed by atoms with Crippen molar-refractivity contribution in [2.45, 2.75) is 51.4 Å². The fourth-order valence-corrected chi connectivity index (χ4v) is 3.33. The van der Waals surface area contributed by atoms with E-state index in [1.807, 2.05) is 0 Å². The molecular weight excluding hydrogens is 256 g/mol. The van der Waals surface area contributed by atoms with E-state index in [2.05, 4.69) is 5.32 Å². The Morgan fingerprint density at radius 2 is 1.85 bits per heavy atom. The third-order valence-corrected chi connectivity index (χ3v) is 4.61. The van der Waals surface area contributed by atoms with Crippen LogP contribution >= 0.6 is 0 Å². The summed E-state index contributed by atoms with van der Waals surface area (Å²) < 4.78 is 0. The minimum absolute atomic E-state index is 0.0910. The predicted octanol–water partition coefficient (Wildman–Crippen LogP) is 2.46. The third kappa shape index (κ3) is 4.39. The van der Waals surface area contributed by atoms with Crippen LogP contribution in [0.25, 0.3) is 0 Å². The molecule has 0 radical (unpaired) electrons. The van der Waals surface area contributed by atoms with Crippen LogP contribution in [0.4, 0.5) is 4.79 Å². The zero-order valence-corrected chi connectivity index (χ0v) is 12.1.